The summed E-state index contributed by atoms with van der Waals surface area (Å²) < 4.78 is 27.9. The number of nitrogens with zero attached hydrogens (tertiary/aromatic N) is 1. The fourth-order valence-electron chi connectivity index (χ4n) is 1.74. The van der Waals surface area contributed by atoms with E-state index in [0.29, 0.717) is 11.4 Å². The Kier molecular flexibility index (Phi) is 4.17. The number of aliphatic hydroxyl groups is 1. The summed E-state index contributed by atoms with van der Waals surface area (Å²) in [5.41, 5.74) is 2.04. The van der Waals surface area contributed by atoms with Gasteiger partial charge in [-0.3, -0.25) is 9.82 Å². The molecule has 0 bridgehead atoms. The van der Waals surface area contributed by atoms with E-state index in [9.17, 15) is 13.5 Å². The number of halogens is 1. The quantitative estimate of drug-likeness (QED) is 0.778. The van der Waals surface area contributed by atoms with Gasteiger partial charge in [0.1, 0.15) is 0 Å². The maximum atomic E-state index is 12.3. The molecule has 0 fully saturated rings. The summed E-state index contributed by atoms with van der Waals surface area (Å²) in [7, 11) is -3.85. The van der Waals surface area contributed by atoms with E-state index >= 15 is 0 Å². The monoisotopic (exact) mass is 359 g/mol. The number of aromatic amines is 1. The number of hydrogen-bond acceptors (Lipinski definition) is 4. The summed E-state index contributed by atoms with van der Waals surface area (Å²) in [5, 5.41) is 15.4. The van der Waals surface area contributed by atoms with Crippen LogP contribution in [0.2, 0.25) is 0 Å². The zero-order valence-corrected chi connectivity index (χ0v) is 13.3. The molecule has 2 aromatic rings. The molecular weight excluding hydrogens is 346 g/mol. The lowest BCUT2D eigenvalue weighted by Gasteiger charge is -2.10. The van der Waals surface area contributed by atoms with E-state index in [1.807, 2.05) is 6.07 Å². The number of aryl methyl sites for hydroxylation is 2. The molecule has 6 nitrogen and oxygen atoms in total. The van der Waals surface area contributed by atoms with Gasteiger partial charge in [-0.15, -0.1) is 0 Å². The highest BCUT2D eigenvalue weighted by Crippen LogP contribution is 2.25. The van der Waals surface area contributed by atoms with Crippen LogP contribution in [0.1, 0.15) is 16.8 Å². The number of hydrogen-bond donors (Lipinski definition) is 3. The molecule has 108 valence electrons. The fraction of sp³-hybridized carbons (Fsp3) is 0.250. The Morgan fingerprint density at radius 2 is 2.10 bits per heavy atom. The molecule has 2 rings (SSSR count). The first-order chi connectivity index (χ1) is 9.35. The van der Waals surface area contributed by atoms with Gasteiger partial charge in [0.15, 0.2) is 0 Å². The predicted octanol–water partition coefficient (Wildman–Crippen LogP) is 2.08. The minimum absolute atomic E-state index is 0.183. The van der Waals surface area contributed by atoms with Crippen molar-refractivity contribution >= 4 is 31.6 Å². The van der Waals surface area contributed by atoms with Crippen LogP contribution in [0, 0.1) is 13.8 Å². The Balaban J connectivity index is 2.43. The van der Waals surface area contributed by atoms with E-state index in [-0.39, 0.29) is 10.6 Å². The lowest BCUT2D eigenvalue weighted by atomic mass is 10.2. The van der Waals surface area contributed by atoms with Crippen molar-refractivity contribution in [3.8, 4) is 0 Å². The largest absolute Gasteiger partial charge is 0.392 e. The SMILES string of the molecule is Cc1ccc(Br)cc1NS(=O)(=O)c1n[nH]c(C)c1CO. The minimum atomic E-state index is -3.85. The van der Waals surface area contributed by atoms with Crippen molar-refractivity contribution < 1.29 is 13.5 Å². The van der Waals surface area contributed by atoms with Crippen LogP contribution in [0.3, 0.4) is 0 Å². The Morgan fingerprint density at radius 3 is 2.75 bits per heavy atom. The van der Waals surface area contributed by atoms with Gasteiger partial charge < -0.3 is 5.11 Å². The maximum absolute atomic E-state index is 12.3. The van der Waals surface area contributed by atoms with Gasteiger partial charge in [-0.1, -0.05) is 22.0 Å². The van der Waals surface area contributed by atoms with Crippen LogP contribution in [0.15, 0.2) is 27.7 Å². The summed E-state index contributed by atoms with van der Waals surface area (Å²) in [6.07, 6.45) is 0. The molecule has 1 aromatic carbocycles. The molecule has 0 amide bonds. The number of benzene rings is 1. The van der Waals surface area contributed by atoms with Gasteiger partial charge >= 0.3 is 0 Å². The van der Waals surface area contributed by atoms with Crippen molar-refractivity contribution in [3.05, 3.63) is 39.5 Å². The summed E-state index contributed by atoms with van der Waals surface area (Å²) >= 11 is 3.30. The average molecular weight is 360 g/mol. The second-order valence-corrected chi connectivity index (χ2v) is 6.87. The Bertz CT molecular complexity index is 740. The van der Waals surface area contributed by atoms with Crippen molar-refractivity contribution in [1.82, 2.24) is 10.2 Å². The van der Waals surface area contributed by atoms with Gasteiger partial charge in [0.05, 0.1) is 12.3 Å². The molecule has 1 aromatic heterocycles. The van der Waals surface area contributed by atoms with Crippen molar-refractivity contribution in [3.63, 3.8) is 0 Å². The maximum Gasteiger partial charge on any atom is 0.281 e. The predicted molar refractivity (Wildman–Crippen MR) is 78.9 cm³/mol. The van der Waals surface area contributed by atoms with Crippen LogP contribution in [-0.4, -0.2) is 23.7 Å². The zero-order valence-electron chi connectivity index (χ0n) is 10.9. The standard InChI is InChI=1S/C12H14BrN3O3S/c1-7-3-4-9(13)5-11(7)16-20(18,19)12-10(6-17)8(2)14-15-12/h3-5,16-17H,6H2,1-2H3,(H,14,15). The molecule has 20 heavy (non-hydrogen) atoms. The fourth-order valence-corrected chi connectivity index (χ4v) is 3.41. The molecule has 0 saturated heterocycles. The van der Waals surface area contributed by atoms with Gasteiger partial charge in [0.2, 0.25) is 5.03 Å². The van der Waals surface area contributed by atoms with Gasteiger partial charge in [-0.2, -0.15) is 13.5 Å². The number of nitrogens with one attached hydrogen (secondary N) is 2. The first-order valence-corrected chi connectivity index (χ1v) is 8.06. The second kappa shape index (κ2) is 5.55. The van der Waals surface area contributed by atoms with E-state index in [2.05, 4.69) is 30.8 Å². The van der Waals surface area contributed by atoms with Crippen molar-refractivity contribution in [2.45, 2.75) is 25.5 Å². The molecule has 0 saturated carbocycles. The van der Waals surface area contributed by atoms with Crippen molar-refractivity contribution in [2.24, 2.45) is 0 Å². The van der Waals surface area contributed by atoms with E-state index in [1.54, 1.807) is 26.0 Å². The van der Waals surface area contributed by atoms with Gasteiger partial charge in [-0.25, -0.2) is 0 Å². The van der Waals surface area contributed by atoms with Crippen LogP contribution >= 0.6 is 15.9 Å². The molecule has 0 aliphatic carbocycles. The van der Waals surface area contributed by atoms with Gasteiger partial charge in [0.25, 0.3) is 10.0 Å². The van der Waals surface area contributed by atoms with E-state index in [0.717, 1.165) is 10.0 Å². The van der Waals surface area contributed by atoms with Crippen molar-refractivity contribution in [1.29, 1.82) is 0 Å². The van der Waals surface area contributed by atoms with E-state index < -0.39 is 16.6 Å². The van der Waals surface area contributed by atoms with Crippen LogP contribution in [0.25, 0.3) is 0 Å². The average Bonchev–Trinajstić information content (AvgIpc) is 2.75. The molecule has 0 unspecified atom stereocenters. The first kappa shape index (κ1) is 15.0. The highest BCUT2D eigenvalue weighted by atomic mass is 79.9. The molecule has 3 N–H and O–H groups in total. The number of sulfonamides is 1. The highest BCUT2D eigenvalue weighted by Gasteiger charge is 2.24. The van der Waals surface area contributed by atoms with E-state index in [1.165, 1.54) is 0 Å². The third kappa shape index (κ3) is 2.87. The molecule has 1 heterocycles. The third-order valence-electron chi connectivity index (χ3n) is 2.89. The summed E-state index contributed by atoms with van der Waals surface area (Å²) in [4.78, 5) is 0. The van der Waals surface area contributed by atoms with Crippen LogP contribution < -0.4 is 4.72 Å². The third-order valence-corrected chi connectivity index (χ3v) is 4.72. The Morgan fingerprint density at radius 1 is 1.40 bits per heavy atom. The second-order valence-electron chi connectivity index (χ2n) is 4.36. The summed E-state index contributed by atoms with van der Waals surface area (Å²) in [6.45, 7) is 3.06. The van der Waals surface area contributed by atoms with Crippen LogP contribution in [0.5, 0.6) is 0 Å². The first-order valence-electron chi connectivity index (χ1n) is 5.79. The minimum Gasteiger partial charge on any atom is -0.392 e. The topological polar surface area (TPSA) is 95.1 Å². The molecule has 0 aliphatic heterocycles. The number of H-pyrrole nitrogens is 1. The highest BCUT2D eigenvalue weighted by molar-refractivity contribution is 9.10. The number of anilines is 1. The molecule has 0 aliphatic rings. The zero-order chi connectivity index (χ0) is 14.9. The molecule has 0 spiro atoms. The molecular formula is C12H14BrN3O3S. The number of aliphatic hydroxyl groups excluding tert-OH is 1. The number of aromatic nitrogens is 2. The molecule has 0 radical (unpaired) electrons. The summed E-state index contributed by atoms with van der Waals surface area (Å²) in [6, 6.07) is 5.29. The lowest BCUT2D eigenvalue weighted by molar-refractivity contribution is 0.277. The van der Waals surface area contributed by atoms with Gasteiger partial charge in [0, 0.05) is 15.7 Å². The van der Waals surface area contributed by atoms with E-state index in [4.69, 9.17) is 0 Å². The lowest BCUT2D eigenvalue weighted by Crippen LogP contribution is -2.16. The van der Waals surface area contributed by atoms with Crippen LogP contribution in [-0.2, 0) is 16.6 Å². The smallest absolute Gasteiger partial charge is 0.281 e. The normalized spacial score (nSPS) is 11.6. The Hall–Kier alpha value is -1.38. The Labute approximate surface area is 125 Å². The number of rotatable bonds is 4. The van der Waals surface area contributed by atoms with Gasteiger partial charge in [-0.05, 0) is 31.5 Å². The molecule has 0 atom stereocenters. The molecule has 8 heteroatoms. The summed E-state index contributed by atoms with van der Waals surface area (Å²) in [5.74, 6) is 0. The van der Waals surface area contributed by atoms with Crippen molar-refractivity contribution in [2.75, 3.05) is 4.72 Å². The van der Waals surface area contributed by atoms with Crippen LogP contribution in [0.4, 0.5) is 5.69 Å².